The molecule has 0 unspecified atom stereocenters. The summed E-state index contributed by atoms with van der Waals surface area (Å²) in [5.74, 6) is -0.0980. The number of rotatable bonds is 6. The lowest BCUT2D eigenvalue weighted by Crippen LogP contribution is -2.25. The van der Waals surface area contributed by atoms with Crippen LogP contribution in [0.5, 0.6) is 0 Å². The first-order chi connectivity index (χ1) is 14.0. The predicted molar refractivity (Wildman–Crippen MR) is 112 cm³/mol. The van der Waals surface area contributed by atoms with Gasteiger partial charge in [0.15, 0.2) is 11.4 Å². The third kappa shape index (κ3) is 3.29. The summed E-state index contributed by atoms with van der Waals surface area (Å²) >= 11 is 0. The summed E-state index contributed by atoms with van der Waals surface area (Å²) in [5.41, 5.74) is 3.68. The molecule has 0 aliphatic rings. The van der Waals surface area contributed by atoms with Gasteiger partial charge in [0.25, 0.3) is 5.56 Å². The maximum Gasteiger partial charge on any atom is 0.264 e. The van der Waals surface area contributed by atoms with Gasteiger partial charge in [-0.15, -0.1) is 0 Å². The van der Waals surface area contributed by atoms with Crippen LogP contribution >= 0.6 is 0 Å². The number of carbonyl (C=O) groups is 1. The van der Waals surface area contributed by atoms with E-state index in [1.54, 1.807) is 4.68 Å². The van der Waals surface area contributed by atoms with Gasteiger partial charge >= 0.3 is 0 Å². The molecule has 1 aromatic carbocycles. The number of ketones is 1. The molecule has 0 saturated carbocycles. The van der Waals surface area contributed by atoms with E-state index in [1.807, 2.05) is 50.2 Å². The van der Waals surface area contributed by atoms with E-state index in [1.165, 1.54) is 17.1 Å². The van der Waals surface area contributed by atoms with Crippen molar-refractivity contribution in [3.63, 3.8) is 0 Å². The quantitative estimate of drug-likeness (QED) is 0.474. The fraction of sp³-hybridized carbons (Fsp3) is 0.273. The lowest BCUT2D eigenvalue weighted by atomic mass is 10.1. The zero-order chi connectivity index (χ0) is 20.5. The highest BCUT2D eigenvalue weighted by molar-refractivity contribution is 5.97. The van der Waals surface area contributed by atoms with Crippen molar-refractivity contribution in [2.75, 3.05) is 0 Å². The Kier molecular flexibility index (Phi) is 4.88. The molecule has 0 radical (unpaired) electrons. The van der Waals surface area contributed by atoms with Gasteiger partial charge in [-0.1, -0.05) is 25.1 Å². The van der Waals surface area contributed by atoms with E-state index >= 15 is 0 Å². The van der Waals surface area contributed by atoms with Crippen LogP contribution in [-0.4, -0.2) is 29.7 Å². The van der Waals surface area contributed by atoms with Crippen LogP contribution in [0.2, 0.25) is 0 Å². The number of hydrogen-bond acceptors (Lipinski definition) is 4. The first-order valence-corrected chi connectivity index (χ1v) is 9.69. The van der Waals surface area contributed by atoms with Gasteiger partial charge in [-0.05, 0) is 38.5 Å². The van der Waals surface area contributed by atoms with Crippen LogP contribution in [-0.2, 0) is 13.1 Å². The summed E-state index contributed by atoms with van der Waals surface area (Å²) in [6.45, 7) is 6.88. The number of hydrogen-bond donors (Lipinski definition) is 0. The Bertz CT molecular complexity index is 1250. The van der Waals surface area contributed by atoms with Gasteiger partial charge in [0.2, 0.25) is 0 Å². The number of carbonyl (C=O) groups excluding carboxylic acids is 1. The van der Waals surface area contributed by atoms with E-state index in [-0.39, 0.29) is 17.9 Å². The highest BCUT2D eigenvalue weighted by Crippen LogP contribution is 2.17. The minimum absolute atomic E-state index is 0.0469. The van der Waals surface area contributed by atoms with E-state index in [9.17, 15) is 9.59 Å². The van der Waals surface area contributed by atoms with E-state index < -0.39 is 0 Å². The molecule has 0 N–H and O–H groups in total. The fourth-order valence-corrected chi connectivity index (χ4v) is 3.71. The molecule has 0 aliphatic carbocycles. The van der Waals surface area contributed by atoms with Gasteiger partial charge in [0.1, 0.15) is 11.7 Å². The third-order valence-corrected chi connectivity index (χ3v) is 5.19. The molecular weight excluding hydrogens is 366 g/mol. The SMILES string of the molecule is CCCn1c(C)cc(C(=O)Cn2cnc3c(cnn3-c3ccccc3)c2=O)c1C. The summed E-state index contributed by atoms with van der Waals surface area (Å²) in [6.07, 6.45) is 3.93. The lowest BCUT2D eigenvalue weighted by molar-refractivity contribution is 0.0970. The highest BCUT2D eigenvalue weighted by atomic mass is 16.1. The van der Waals surface area contributed by atoms with Crippen LogP contribution in [0.1, 0.15) is 35.1 Å². The molecule has 0 amide bonds. The van der Waals surface area contributed by atoms with Crippen LogP contribution in [0.15, 0.2) is 53.7 Å². The molecule has 0 spiro atoms. The number of nitrogens with zero attached hydrogens (tertiary/aromatic N) is 5. The van der Waals surface area contributed by atoms with Crippen LogP contribution < -0.4 is 5.56 Å². The third-order valence-electron chi connectivity index (χ3n) is 5.19. The molecule has 3 heterocycles. The number of fused-ring (bicyclic) bond motifs is 1. The van der Waals surface area contributed by atoms with Crippen LogP contribution in [0.25, 0.3) is 16.7 Å². The van der Waals surface area contributed by atoms with Crippen molar-refractivity contribution in [1.82, 2.24) is 23.9 Å². The van der Waals surface area contributed by atoms with Crippen LogP contribution in [0.4, 0.5) is 0 Å². The average molecular weight is 389 g/mol. The number of aromatic nitrogens is 5. The molecule has 0 saturated heterocycles. The molecule has 0 atom stereocenters. The highest BCUT2D eigenvalue weighted by Gasteiger charge is 2.18. The second kappa shape index (κ2) is 7.50. The lowest BCUT2D eigenvalue weighted by Gasteiger charge is -2.08. The molecule has 4 rings (SSSR count). The molecule has 7 heteroatoms. The number of benzene rings is 1. The molecule has 0 fully saturated rings. The number of Topliss-reactive ketones (excluding diaryl/α,β-unsaturated/α-hetero) is 1. The second-order valence-corrected chi connectivity index (χ2v) is 7.17. The first kappa shape index (κ1) is 18.9. The average Bonchev–Trinajstić information content (AvgIpc) is 3.28. The molecule has 29 heavy (non-hydrogen) atoms. The molecular formula is C22H23N5O2. The Balaban J connectivity index is 1.68. The fourth-order valence-electron chi connectivity index (χ4n) is 3.71. The van der Waals surface area contributed by atoms with Gasteiger partial charge in [-0.2, -0.15) is 5.10 Å². The van der Waals surface area contributed by atoms with Crippen molar-refractivity contribution in [3.05, 3.63) is 76.2 Å². The maximum atomic E-state index is 12.9. The Morgan fingerprint density at radius 1 is 1.14 bits per heavy atom. The minimum Gasteiger partial charge on any atom is -0.348 e. The van der Waals surface area contributed by atoms with Crippen molar-refractivity contribution in [2.45, 2.75) is 40.3 Å². The van der Waals surface area contributed by atoms with Crippen molar-refractivity contribution < 1.29 is 4.79 Å². The van der Waals surface area contributed by atoms with Crippen molar-refractivity contribution >= 4 is 16.8 Å². The molecule has 4 aromatic rings. The maximum absolute atomic E-state index is 12.9. The summed E-state index contributed by atoms with van der Waals surface area (Å²) in [7, 11) is 0. The normalized spacial score (nSPS) is 11.3. The van der Waals surface area contributed by atoms with Gasteiger partial charge in [-0.3, -0.25) is 14.2 Å². The second-order valence-electron chi connectivity index (χ2n) is 7.17. The van der Waals surface area contributed by atoms with E-state index in [0.717, 1.165) is 30.0 Å². The summed E-state index contributed by atoms with van der Waals surface area (Å²) in [5, 5.41) is 4.70. The van der Waals surface area contributed by atoms with Gasteiger partial charge in [-0.25, -0.2) is 9.67 Å². The zero-order valence-corrected chi connectivity index (χ0v) is 16.8. The van der Waals surface area contributed by atoms with E-state index in [0.29, 0.717) is 16.6 Å². The van der Waals surface area contributed by atoms with Gasteiger partial charge < -0.3 is 4.57 Å². The van der Waals surface area contributed by atoms with Crippen LogP contribution in [0, 0.1) is 13.8 Å². The van der Waals surface area contributed by atoms with Gasteiger partial charge in [0, 0.05) is 23.5 Å². The topological polar surface area (TPSA) is 74.7 Å². The molecule has 0 bridgehead atoms. The van der Waals surface area contributed by atoms with E-state index in [4.69, 9.17) is 0 Å². The summed E-state index contributed by atoms with van der Waals surface area (Å²) < 4.78 is 5.12. The summed E-state index contributed by atoms with van der Waals surface area (Å²) in [4.78, 5) is 30.2. The monoisotopic (exact) mass is 389 g/mol. The van der Waals surface area contributed by atoms with E-state index in [2.05, 4.69) is 21.6 Å². The number of para-hydroxylation sites is 1. The molecule has 3 aromatic heterocycles. The molecule has 148 valence electrons. The number of aryl methyl sites for hydroxylation is 1. The minimum atomic E-state index is -0.270. The standard InChI is InChI=1S/C22H23N5O2/c1-4-10-26-15(2)11-18(16(26)3)20(28)13-25-14-23-21-19(22(25)29)12-24-27(21)17-8-6-5-7-9-17/h5-9,11-12,14H,4,10,13H2,1-3H3. The summed E-state index contributed by atoms with van der Waals surface area (Å²) in [6, 6.07) is 11.4. The Hall–Kier alpha value is -3.48. The van der Waals surface area contributed by atoms with Crippen molar-refractivity contribution in [2.24, 2.45) is 0 Å². The Morgan fingerprint density at radius 3 is 2.62 bits per heavy atom. The molecule has 0 aliphatic heterocycles. The molecule has 7 nitrogen and oxygen atoms in total. The largest absolute Gasteiger partial charge is 0.348 e. The predicted octanol–water partition coefficient (Wildman–Crippen LogP) is 3.29. The first-order valence-electron chi connectivity index (χ1n) is 9.69. The van der Waals surface area contributed by atoms with Gasteiger partial charge in [0.05, 0.1) is 18.4 Å². The van der Waals surface area contributed by atoms with Crippen LogP contribution in [0.3, 0.4) is 0 Å². The smallest absolute Gasteiger partial charge is 0.264 e. The Morgan fingerprint density at radius 2 is 1.90 bits per heavy atom. The van der Waals surface area contributed by atoms with Crippen molar-refractivity contribution in [1.29, 1.82) is 0 Å². The zero-order valence-electron chi connectivity index (χ0n) is 16.8. The Labute approximate surface area is 168 Å². The van der Waals surface area contributed by atoms with Crippen molar-refractivity contribution in [3.8, 4) is 5.69 Å².